The van der Waals surface area contributed by atoms with E-state index < -0.39 is 5.41 Å². The van der Waals surface area contributed by atoms with Crippen molar-refractivity contribution >= 4 is 5.91 Å². The molecule has 0 N–H and O–H groups in total. The van der Waals surface area contributed by atoms with Crippen molar-refractivity contribution in [1.82, 2.24) is 4.90 Å². The van der Waals surface area contributed by atoms with Crippen LogP contribution >= 0.6 is 0 Å². The highest BCUT2D eigenvalue weighted by molar-refractivity contribution is 5.81. The SMILES string of the molecule is CC1C2CC3=C(CCC4=C3C=CC[N+](=O)C(=O)C41C)N2C. The van der Waals surface area contributed by atoms with Gasteiger partial charge in [-0.15, -0.1) is 0 Å². The Bertz CT molecular complexity index is 670. The molecule has 0 fully saturated rings. The minimum atomic E-state index is -0.658. The molecule has 0 saturated heterocycles. The first-order valence-corrected chi connectivity index (χ1v) is 7.80. The van der Waals surface area contributed by atoms with E-state index >= 15 is 0 Å². The Morgan fingerprint density at radius 2 is 2.14 bits per heavy atom. The van der Waals surface area contributed by atoms with Crippen LogP contribution in [0.5, 0.6) is 0 Å². The number of carbonyl (C=O) groups excluding carboxylic acids is 1. The summed E-state index contributed by atoms with van der Waals surface area (Å²) in [7, 11) is 2.15. The summed E-state index contributed by atoms with van der Waals surface area (Å²) in [6.07, 6.45) is 6.85. The minimum absolute atomic E-state index is 0.151. The van der Waals surface area contributed by atoms with E-state index in [0.717, 1.165) is 19.3 Å². The van der Waals surface area contributed by atoms with Gasteiger partial charge < -0.3 is 4.90 Å². The van der Waals surface area contributed by atoms with Crippen molar-refractivity contribution in [1.29, 1.82) is 0 Å². The molecule has 4 heteroatoms. The van der Waals surface area contributed by atoms with Crippen LogP contribution in [0.1, 0.15) is 33.1 Å². The molecule has 0 aromatic heterocycles. The van der Waals surface area contributed by atoms with Crippen molar-refractivity contribution in [3.8, 4) is 0 Å². The average Bonchev–Trinajstić information content (AvgIpc) is 2.78. The predicted octanol–water partition coefficient (Wildman–Crippen LogP) is 2.57. The zero-order valence-electron chi connectivity index (χ0n) is 12.8. The van der Waals surface area contributed by atoms with Gasteiger partial charge in [-0.2, -0.15) is 0 Å². The molecule has 1 amide bonds. The van der Waals surface area contributed by atoms with Crippen molar-refractivity contribution in [3.63, 3.8) is 0 Å². The first kappa shape index (κ1) is 13.0. The van der Waals surface area contributed by atoms with E-state index in [1.165, 1.54) is 22.4 Å². The minimum Gasteiger partial charge on any atom is -0.374 e. The molecular weight excluding hydrogens is 264 g/mol. The molecule has 3 unspecified atom stereocenters. The standard InChI is InChI=1S/C17H21N2O2/c1-10-15-9-12-11-5-4-8-19(21)16(20)17(10,2)13(11)6-7-14(12)18(15)3/h4-5,10,15H,6-9H2,1-3H3/q+1. The molecule has 4 aliphatic rings. The Morgan fingerprint density at radius 3 is 2.90 bits per heavy atom. The quantitative estimate of drug-likeness (QED) is 0.642. The first-order chi connectivity index (χ1) is 9.96. The fourth-order valence-electron chi connectivity index (χ4n) is 4.87. The summed E-state index contributed by atoms with van der Waals surface area (Å²) < 4.78 is 0.652. The van der Waals surface area contributed by atoms with Crippen molar-refractivity contribution in [2.24, 2.45) is 11.3 Å². The molecule has 2 aliphatic carbocycles. The Balaban J connectivity index is 2.05. The van der Waals surface area contributed by atoms with Gasteiger partial charge in [0.05, 0.1) is 4.76 Å². The van der Waals surface area contributed by atoms with Gasteiger partial charge in [-0.05, 0) is 54.9 Å². The van der Waals surface area contributed by atoms with Crippen LogP contribution in [0.25, 0.3) is 0 Å². The van der Waals surface area contributed by atoms with E-state index in [2.05, 4.69) is 24.9 Å². The van der Waals surface area contributed by atoms with Gasteiger partial charge in [0.1, 0.15) is 5.41 Å². The van der Waals surface area contributed by atoms with Gasteiger partial charge in [0.15, 0.2) is 0 Å². The summed E-state index contributed by atoms with van der Waals surface area (Å²) >= 11 is 0. The summed E-state index contributed by atoms with van der Waals surface area (Å²) in [6.45, 7) is 4.31. The number of hydrogen-bond acceptors (Lipinski definition) is 3. The predicted molar refractivity (Wildman–Crippen MR) is 79.4 cm³/mol. The third-order valence-electron chi connectivity index (χ3n) is 6.29. The molecule has 4 nitrogen and oxygen atoms in total. The molecule has 0 aromatic rings. The van der Waals surface area contributed by atoms with E-state index in [0.29, 0.717) is 10.8 Å². The smallest absolute Gasteiger partial charge is 0.374 e. The fraction of sp³-hybridized carbons (Fsp3) is 0.588. The monoisotopic (exact) mass is 285 g/mol. The van der Waals surface area contributed by atoms with Crippen LogP contribution in [0.15, 0.2) is 34.6 Å². The number of nitroso groups, excluding NO2 is 1. The summed E-state index contributed by atoms with van der Waals surface area (Å²) in [5.74, 6) is -0.102. The van der Waals surface area contributed by atoms with Gasteiger partial charge in [-0.3, -0.25) is 0 Å². The van der Waals surface area contributed by atoms with Crippen LogP contribution in [0, 0.1) is 16.2 Å². The lowest BCUT2D eigenvalue weighted by atomic mass is 9.65. The topological polar surface area (TPSA) is 40.4 Å². The number of nitrogens with zero attached hydrogens (tertiary/aromatic N) is 2. The number of likely N-dealkylation sites (tertiary alicyclic amines) is 1. The van der Waals surface area contributed by atoms with Gasteiger partial charge >= 0.3 is 5.91 Å². The third-order valence-corrected chi connectivity index (χ3v) is 6.29. The molecule has 3 atom stereocenters. The van der Waals surface area contributed by atoms with Gasteiger partial charge in [-0.1, -0.05) is 13.0 Å². The molecule has 0 spiro atoms. The summed E-state index contributed by atoms with van der Waals surface area (Å²) in [6, 6.07) is 0.330. The number of hydrogen-bond donors (Lipinski definition) is 0. The van der Waals surface area contributed by atoms with E-state index in [1.54, 1.807) is 0 Å². The Labute approximate surface area is 124 Å². The van der Waals surface area contributed by atoms with E-state index in [-0.39, 0.29) is 18.4 Å². The van der Waals surface area contributed by atoms with Crippen LogP contribution in [0.2, 0.25) is 0 Å². The third kappa shape index (κ3) is 1.38. The number of amides is 1. The molecule has 2 aliphatic heterocycles. The highest BCUT2D eigenvalue weighted by Gasteiger charge is 2.59. The van der Waals surface area contributed by atoms with Gasteiger partial charge in [0.25, 0.3) is 0 Å². The molecular formula is C17H21N2O2+. The number of rotatable bonds is 0. The zero-order valence-corrected chi connectivity index (χ0v) is 12.8. The summed E-state index contributed by atoms with van der Waals surface area (Å²) in [5.41, 5.74) is 4.66. The Hall–Kier alpha value is -1.71. The maximum absolute atomic E-state index is 12.9. The Morgan fingerprint density at radius 1 is 1.38 bits per heavy atom. The highest BCUT2D eigenvalue weighted by Crippen LogP contribution is 2.56. The van der Waals surface area contributed by atoms with Crippen molar-refractivity contribution in [2.75, 3.05) is 13.6 Å². The maximum atomic E-state index is 12.9. The van der Waals surface area contributed by atoms with E-state index in [9.17, 15) is 9.70 Å². The van der Waals surface area contributed by atoms with Gasteiger partial charge in [-0.25, -0.2) is 4.79 Å². The van der Waals surface area contributed by atoms with Gasteiger partial charge in [0, 0.05) is 23.7 Å². The van der Waals surface area contributed by atoms with Gasteiger partial charge in [0.2, 0.25) is 6.54 Å². The lowest BCUT2D eigenvalue weighted by Gasteiger charge is -2.43. The van der Waals surface area contributed by atoms with Crippen LogP contribution in [0.3, 0.4) is 0 Å². The number of fused-ring (bicyclic) bond motifs is 1. The molecule has 21 heavy (non-hydrogen) atoms. The first-order valence-electron chi connectivity index (χ1n) is 7.80. The number of allylic oxidation sites excluding steroid dienone is 3. The molecule has 5 bridgehead atoms. The molecule has 0 saturated carbocycles. The van der Waals surface area contributed by atoms with Crippen LogP contribution in [-0.2, 0) is 4.79 Å². The Kier molecular flexibility index (Phi) is 2.43. The molecule has 2 heterocycles. The second kappa shape index (κ2) is 3.93. The largest absolute Gasteiger partial charge is 0.443 e. The lowest BCUT2D eigenvalue weighted by Crippen LogP contribution is -2.50. The van der Waals surface area contributed by atoms with Crippen LogP contribution in [-0.4, -0.2) is 35.2 Å². The average molecular weight is 285 g/mol. The lowest BCUT2D eigenvalue weighted by molar-refractivity contribution is -0.467. The van der Waals surface area contributed by atoms with Crippen molar-refractivity contribution < 1.29 is 9.55 Å². The molecule has 4 rings (SSSR count). The van der Waals surface area contributed by atoms with E-state index in [4.69, 9.17) is 0 Å². The molecule has 0 aromatic carbocycles. The van der Waals surface area contributed by atoms with Crippen LogP contribution < -0.4 is 0 Å². The van der Waals surface area contributed by atoms with Crippen molar-refractivity contribution in [2.45, 2.75) is 39.2 Å². The summed E-state index contributed by atoms with van der Waals surface area (Å²) in [5, 5.41) is 0. The maximum Gasteiger partial charge on any atom is 0.443 e. The fourth-order valence-corrected chi connectivity index (χ4v) is 4.87. The van der Waals surface area contributed by atoms with Crippen LogP contribution in [0.4, 0.5) is 0 Å². The second-order valence-electron chi connectivity index (χ2n) is 6.96. The normalized spacial score (nSPS) is 38.1. The van der Waals surface area contributed by atoms with Crippen molar-refractivity contribution in [3.05, 3.63) is 39.5 Å². The second-order valence-corrected chi connectivity index (χ2v) is 6.96. The number of carbonyl (C=O) groups is 1. The highest BCUT2D eigenvalue weighted by atomic mass is 16.3. The molecule has 110 valence electrons. The zero-order chi connectivity index (χ0) is 14.9. The van der Waals surface area contributed by atoms with E-state index in [1.807, 2.05) is 13.0 Å². The summed E-state index contributed by atoms with van der Waals surface area (Å²) in [4.78, 5) is 27.4. The molecule has 0 radical (unpaired) electrons.